The smallest absolute Gasteiger partial charge is 0.256 e. The summed E-state index contributed by atoms with van der Waals surface area (Å²) in [4.78, 5) is 18.1. The van der Waals surface area contributed by atoms with Gasteiger partial charge in [-0.25, -0.2) is 0 Å². The number of ether oxygens (including phenoxy) is 1. The first-order valence-electron chi connectivity index (χ1n) is 11.5. The number of hydrogen-bond donors (Lipinski definition) is 0. The maximum Gasteiger partial charge on any atom is 0.256 e. The van der Waals surface area contributed by atoms with E-state index in [4.69, 9.17) is 4.74 Å². The summed E-state index contributed by atoms with van der Waals surface area (Å²) in [5.41, 5.74) is 4.60. The quantitative estimate of drug-likeness (QED) is 0.623. The lowest BCUT2D eigenvalue weighted by atomic mass is 9.97. The molecule has 1 aromatic heterocycles. The number of piperidine rings is 1. The molecular weight excluding hydrogens is 386 g/mol. The van der Waals surface area contributed by atoms with Gasteiger partial charge in [-0.15, -0.1) is 0 Å². The lowest BCUT2D eigenvalue weighted by molar-refractivity contribution is 0.0546. The number of rotatable bonds is 5. The fraction of sp³-hybridized carbons (Fsp3) is 0.423. The molecule has 0 bridgehead atoms. The molecule has 0 aliphatic carbocycles. The van der Waals surface area contributed by atoms with Gasteiger partial charge < -0.3 is 14.2 Å². The molecule has 2 aromatic carbocycles. The molecule has 0 unspecified atom stereocenters. The molecule has 0 saturated carbocycles. The second kappa shape index (κ2) is 8.39. The molecule has 2 aliphatic heterocycles. The SMILES string of the molecule is CCOc1ccc(CN2CCC(N3CCc4c(c5ccccc5n4C)C3=O)CC2)cc1. The molecule has 162 valence electrons. The number of aryl methyl sites for hydroxylation is 1. The molecule has 1 fully saturated rings. The van der Waals surface area contributed by atoms with Crippen molar-refractivity contribution >= 4 is 16.8 Å². The summed E-state index contributed by atoms with van der Waals surface area (Å²) in [6.45, 7) is 6.56. The zero-order chi connectivity index (χ0) is 21.4. The summed E-state index contributed by atoms with van der Waals surface area (Å²) >= 11 is 0. The number of carbonyl (C=O) groups is 1. The zero-order valence-corrected chi connectivity index (χ0v) is 18.5. The number of fused-ring (bicyclic) bond motifs is 3. The molecule has 1 saturated heterocycles. The van der Waals surface area contributed by atoms with Gasteiger partial charge in [-0.2, -0.15) is 0 Å². The van der Waals surface area contributed by atoms with Crippen LogP contribution in [0.4, 0.5) is 0 Å². The summed E-state index contributed by atoms with van der Waals surface area (Å²) < 4.78 is 7.75. The summed E-state index contributed by atoms with van der Waals surface area (Å²) in [6, 6.07) is 17.1. The topological polar surface area (TPSA) is 37.7 Å². The van der Waals surface area contributed by atoms with Crippen molar-refractivity contribution in [2.24, 2.45) is 7.05 Å². The van der Waals surface area contributed by atoms with E-state index in [2.05, 4.69) is 63.9 Å². The van der Waals surface area contributed by atoms with Gasteiger partial charge >= 0.3 is 0 Å². The van der Waals surface area contributed by atoms with E-state index in [0.29, 0.717) is 12.6 Å². The van der Waals surface area contributed by atoms with E-state index >= 15 is 0 Å². The Morgan fingerprint density at radius 1 is 1.00 bits per heavy atom. The van der Waals surface area contributed by atoms with Crippen LogP contribution in [0, 0.1) is 0 Å². The highest BCUT2D eigenvalue weighted by atomic mass is 16.5. The number of amides is 1. The number of para-hydroxylation sites is 1. The van der Waals surface area contributed by atoms with Crippen molar-refractivity contribution in [1.82, 2.24) is 14.4 Å². The van der Waals surface area contributed by atoms with E-state index in [0.717, 1.165) is 67.7 Å². The minimum Gasteiger partial charge on any atom is -0.494 e. The number of benzene rings is 2. The molecule has 0 spiro atoms. The third-order valence-electron chi connectivity index (χ3n) is 6.93. The monoisotopic (exact) mass is 417 g/mol. The minimum absolute atomic E-state index is 0.225. The van der Waals surface area contributed by atoms with Crippen molar-refractivity contribution in [3.05, 3.63) is 65.4 Å². The van der Waals surface area contributed by atoms with E-state index in [1.165, 1.54) is 11.3 Å². The summed E-state index contributed by atoms with van der Waals surface area (Å²) in [5, 5.41) is 1.10. The normalized spacial score (nSPS) is 17.9. The Labute approximate surface area is 184 Å². The van der Waals surface area contributed by atoms with E-state index in [-0.39, 0.29) is 5.91 Å². The lowest BCUT2D eigenvalue weighted by Crippen LogP contribution is -2.49. The zero-order valence-electron chi connectivity index (χ0n) is 18.5. The van der Waals surface area contributed by atoms with E-state index in [9.17, 15) is 4.79 Å². The molecule has 3 heterocycles. The fourth-order valence-electron chi connectivity index (χ4n) is 5.30. The lowest BCUT2D eigenvalue weighted by Gasteiger charge is -2.40. The molecule has 31 heavy (non-hydrogen) atoms. The number of aromatic nitrogens is 1. The van der Waals surface area contributed by atoms with Gasteiger partial charge in [0.15, 0.2) is 0 Å². The summed E-state index contributed by atoms with van der Waals surface area (Å²) in [7, 11) is 2.09. The van der Waals surface area contributed by atoms with Crippen LogP contribution in [0.25, 0.3) is 10.9 Å². The van der Waals surface area contributed by atoms with E-state index in [1.807, 2.05) is 13.0 Å². The van der Waals surface area contributed by atoms with Gasteiger partial charge in [-0.3, -0.25) is 9.69 Å². The number of likely N-dealkylation sites (tertiary alicyclic amines) is 1. The molecule has 3 aromatic rings. The summed E-state index contributed by atoms with van der Waals surface area (Å²) in [5.74, 6) is 1.16. The van der Waals surface area contributed by atoms with E-state index in [1.54, 1.807) is 0 Å². The average molecular weight is 418 g/mol. The van der Waals surface area contributed by atoms with Crippen molar-refractivity contribution < 1.29 is 9.53 Å². The number of nitrogens with zero attached hydrogens (tertiary/aromatic N) is 3. The van der Waals surface area contributed by atoms with Crippen LogP contribution in [0.1, 0.15) is 41.4 Å². The Kier molecular flexibility index (Phi) is 5.45. The standard InChI is InChI=1S/C26H31N3O2/c1-3-31-21-10-8-19(9-11-21)18-28-15-12-20(13-16-28)29-17-14-24-25(26(29)30)22-6-4-5-7-23(22)27(24)2/h4-11,20H,3,12-18H2,1-2H3. The highest BCUT2D eigenvalue weighted by Gasteiger charge is 2.35. The van der Waals surface area contributed by atoms with Crippen molar-refractivity contribution in [2.75, 3.05) is 26.2 Å². The van der Waals surface area contributed by atoms with Gasteiger partial charge in [0.1, 0.15) is 5.75 Å². The predicted molar refractivity (Wildman–Crippen MR) is 124 cm³/mol. The van der Waals surface area contributed by atoms with Crippen molar-refractivity contribution in [3.8, 4) is 5.75 Å². The van der Waals surface area contributed by atoms with Gasteiger partial charge in [0.05, 0.1) is 12.2 Å². The van der Waals surface area contributed by atoms with Crippen LogP contribution in [0.5, 0.6) is 5.75 Å². The highest BCUT2D eigenvalue weighted by Crippen LogP contribution is 2.32. The van der Waals surface area contributed by atoms with Crippen LogP contribution in [-0.4, -0.2) is 52.6 Å². The third kappa shape index (κ3) is 3.72. The number of hydrogen-bond acceptors (Lipinski definition) is 3. The first-order chi connectivity index (χ1) is 15.2. The second-order valence-corrected chi connectivity index (χ2v) is 8.73. The van der Waals surface area contributed by atoms with Crippen LogP contribution in [-0.2, 0) is 20.0 Å². The van der Waals surface area contributed by atoms with Crippen LogP contribution in [0.2, 0.25) is 0 Å². The molecule has 5 nitrogen and oxygen atoms in total. The first kappa shape index (κ1) is 20.1. The average Bonchev–Trinajstić information content (AvgIpc) is 3.09. The maximum atomic E-state index is 13.5. The largest absolute Gasteiger partial charge is 0.494 e. The maximum absolute atomic E-state index is 13.5. The molecule has 5 rings (SSSR count). The molecule has 5 heteroatoms. The molecular formula is C26H31N3O2. The molecule has 2 aliphatic rings. The van der Waals surface area contributed by atoms with Crippen LogP contribution in [0.15, 0.2) is 48.5 Å². The van der Waals surface area contributed by atoms with Crippen LogP contribution in [0.3, 0.4) is 0 Å². The van der Waals surface area contributed by atoms with Gasteiger partial charge in [-0.05, 0) is 43.5 Å². The van der Waals surface area contributed by atoms with Gasteiger partial charge in [-0.1, -0.05) is 30.3 Å². The summed E-state index contributed by atoms with van der Waals surface area (Å²) in [6.07, 6.45) is 3.03. The van der Waals surface area contributed by atoms with Gasteiger partial charge in [0.2, 0.25) is 0 Å². The minimum atomic E-state index is 0.225. The molecule has 0 atom stereocenters. The Bertz CT molecular complexity index is 1080. The van der Waals surface area contributed by atoms with Crippen molar-refractivity contribution in [1.29, 1.82) is 0 Å². The Hall–Kier alpha value is -2.79. The second-order valence-electron chi connectivity index (χ2n) is 8.73. The Morgan fingerprint density at radius 3 is 2.48 bits per heavy atom. The molecule has 1 amide bonds. The van der Waals surface area contributed by atoms with Crippen molar-refractivity contribution in [3.63, 3.8) is 0 Å². The predicted octanol–water partition coefficient (Wildman–Crippen LogP) is 4.24. The molecule has 0 N–H and O–H groups in total. The van der Waals surface area contributed by atoms with Gasteiger partial charge in [0.25, 0.3) is 5.91 Å². The van der Waals surface area contributed by atoms with E-state index < -0.39 is 0 Å². The fourth-order valence-corrected chi connectivity index (χ4v) is 5.30. The van der Waals surface area contributed by atoms with Crippen LogP contribution >= 0.6 is 0 Å². The Balaban J connectivity index is 1.24. The van der Waals surface area contributed by atoms with Gasteiger partial charge in [0, 0.05) is 62.3 Å². The van der Waals surface area contributed by atoms with Crippen LogP contribution < -0.4 is 4.74 Å². The highest BCUT2D eigenvalue weighted by molar-refractivity contribution is 6.09. The number of carbonyl (C=O) groups excluding carboxylic acids is 1. The van der Waals surface area contributed by atoms with Crippen molar-refractivity contribution in [2.45, 2.75) is 38.8 Å². The first-order valence-corrected chi connectivity index (χ1v) is 11.5. The molecule has 0 radical (unpaired) electrons. The third-order valence-corrected chi connectivity index (χ3v) is 6.93. The Morgan fingerprint density at radius 2 is 1.74 bits per heavy atom.